The molecule has 0 aromatic rings. The molecule has 0 N–H and O–H groups in total. The third-order valence-corrected chi connectivity index (χ3v) is 4.31. The lowest BCUT2D eigenvalue weighted by molar-refractivity contribution is -0.154. The molecule has 4 heteroatoms. The number of rotatable bonds is 17. The number of carbonyl (C=O) groups is 2. The Morgan fingerprint density at radius 2 is 1.20 bits per heavy atom. The van der Waals surface area contributed by atoms with Crippen LogP contribution >= 0.6 is 0 Å². The van der Waals surface area contributed by atoms with Gasteiger partial charge in [-0.25, -0.2) is 0 Å². The Morgan fingerprint density at radius 1 is 0.680 bits per heavy atom. The molecule has 0 aliphatic rings. The van der Waals surface area contributed by atoms with Gasteiger partial charge in [-0.15, -0.1) is 0 Å². The summed E-state index contributed by atoms with van der Waals surface area (Å²) >= 11 is 0. The summed E-state index contributed by atoms with van der Waals surface area (Å²) in [4.78, 5) is 23.5. The summed E-state index contributed by atoms with van der Waals surface area (Å²) in [7, 11) is 0. The predicted molar refractivity (Wildman–Crippen MR) is 102 cm³/mol. The summed E-state index contributed by atoms with van der Waals surface area (Å²) < 4.78 is 10.6. The van der Waals surface area contributed by atoms with Crippen LogP contribution in [0.2, 0.25) is 0 Å². The van der Waals surface area contributed by atoms with E-state index < -0.39 is 0 Å². The van der Waals surface area contributed by atoms with Crippen molar-refractivity contribution in [1.29, 1.82) is 0 Å². The van der Waals surface area contributed by atoms with Crippen LogP contribution in [0.1, 0.15) is 111 Å². The van der Waals surface area contributed by atoms with Crippen LogP contribution in [0.15, 0.2) is 0 Å². The molecular formula is C21H40O4. The SMILES string of the molecule is CCCCCCCCCCOC(=O)CCC(=O)OC(CCC)CCC. The highest BCUT2D eigenvalue weighted by Crippen LogP contribution is 2.11. The van der Waals surface area contributed by atoms with E-state index in [1.54, 1.807) is 0 Å². The van der Waals surface area contributed by atoms with E-state index in [1.807, 2.05) is 0 Å². The summed E-state index contributed by atoms with van der Waals surface area (Å²) in [6, 6.07) is 0. The first kappa shape index (κ1) is 23.9. The number of esters is 2. The zero-order valence-corrected chi connectivity index (χ0v) is 16.8. The number of unbranched alkanes of at least 4 members (excludes halogenated alkanes) is 7. The van der Waals surface area contributed by atoms with Gasteiger partial charge >= 0.3 is 11.9 Å². The maximum atomic E-state index is 11.8. The van der Waals surface area contributed by atoms with E-state index >= 15 is 0 Å². The lowest BCUT2D eigenvalue weighted by Crippen LogP contribution is -2.19. The van der Waals surface area contributed by atoms with Crippen LogP contribution in [0.25, 0.3) is 0 Å². The van der Waals surface area contributed by atoms with Crippen molar-refractivity contribution in [2.45, 2.75) is 117 Å². The first-order valence-corrected chi connectivity index (χ1v) is 10.5. The number of ether oxygens (including phenoxy) is 2. The highest BCUT2D eigenvalue weighted by atomic mass is 16.5. The van der Waals surface area contributed by atoms with Crippen LogP contribution < -0.4 is 0 Å². The zero-order valence-electron chi connectivity index (χ0n) is 16.8. The molecule has 0 radical (unpaired) electrons. The standard InChI is InChI=1S/C21H40O4/c1-4-7-8-9-10-11-12-13-18-24-20(22)16-17-21(23)25-19(14-5-2)15-6-3/h19H,4-18H2,1-3H3. The largest absolute Gasteiger partial charge is 0.466 e. The van der Waals surface area contributed by atoms with Gasteiger partial charge in [-0.1, -0.05) is 78.6 Å². The Hall–Kier alpha value is -1.06. The maximum absolute atomic E-state index is 11.8. The van der Waals surface area contributed by atoms with E-state index in [0.29, 0.717) is 6.61 Å². The molecule has 0 saturated heterocycles. The smallest absolute Gasteiger partial charge is 0.306 e. The Balaban J connectivity index is 3.57. The summed E-state index contributed by atoms with van der Waals surface area (Å²) in [5, 5.41) is 0. The fourth-order valence-corrected chi connectivity index (χ4v) is 2.85. The molecule has 0 rings (SSSR count). The van der Waals surface area contributed by atoms with Crippen molar-refractivity contribution in [2.24, 2.45) is 0 Å². The van der Waals surface area contributed by atoms with Crippen LogP contribution in [0.3, 0.4) is 0 Å². The van der Waals surface area contributed by atoms with E-state index in [9.17, 15) is 9.59 Å². The van der Waals surface area contributed by atoms with Crippen LogP contribution in [0.5, 0.6) is 0 Å². The van der Waals surface area contributed by atoms with E-state index in [-0.39, 0.29) is 30.9 Å². The topological polar surface area (TPSA) is 52.6 Å². The second-order valence-electron chi connectivity index (χ2n) is 6.88. The molecule has 0 fully saturated rings. The minimum atomic E-state index is -0.289. The van der Waals surface area contributed by atoms with Gasteiger partial charge in [0.1, 0.15) is 6.10 Å². The molecule has 148 valence electrons. The second-order valence-corrected chi connectivity index (χ2v) is 6.88. The van der Waals surface area contributed by atoms with E-state index in [2.05, 4.69) is 20.8 Å². The second kappa shape index (κ2) is 17.8. The summed E-state index contributed by atoms with van der Waals surface area (Å²) in [5.41, 5.74) is 0. The molecule has 0 spiro atoms. The molecule has 0 atom stereocenters. The first-order chi connectivity index (χ1) is 12.1. The van der Waals surface area contributed by atoms with Crippen molar-refractivity contribution >= 4 is 11.9 Å². The minimum absolute atomic E-state index is 0.00385. The van der Waals surface area contributed by atoms with Gasteiger partial charge in [-0.05, 0) is 19.3 Å². The molecular weight excluding hydrogens is 316 g/mol. The highest BCUT2D eigenvalue weighted by molar-refractivity contribution is 5.77. The van der Waals surface area contributed by atoms with Crippen LogP contribution in [-0.4, -0.2) is 24.6 Å². The van der Waals surface area contributed by atoms with Gasteiger partial charge in [0.2, 0.25) is 0 Å². The fraction of sp³-hybridized carbons (Fsp3) is 0.905. The number of hydrogen-bond acceptors (Lipinski definition) is 4. The van der Waals surface area contributed by atoms with Gasteiger partial charge in [0.05, 0.1) is 19.4 Å². The third-order valence-electron chi connectivity index (χ3n) is 4.31. The Bertz CT molecular complexity index is 322. The van der Waals surface area contributed by atoms with Crippen molar-refractivity contribution in [3.05, 3.63) is 0 Å². The van der Waals surface area contributed by atoms with Crippen LogP contribution in [0, 0.1) is 0 Å². The molecule has 0 aliphatic heterocycles. The van der Waals surface area contributed by atoms with Gasteiger partial charge < -0.3 is 9.47 Å². The normalized spacial score (nSPS) is 10.9. The van der Waals surface area contributed by atoms with Gasteiger partial charge in [-0.2, -0.15) is 0 Å². The Morgan fingerprint density at radius 3 is 1.76 bits per heavy atom. The number of carbonyl (C=O) groups excluding carboxylic acids is 2. The van der Waals surface area contributed by atoms with E-state index in [1.165, 1.54) is 38.5 Å². The summed E-state index contributed by atoms with van der Waals surface area (Å²) in [6.45, 7) is 6.86. The Labute approximate surface area is 155 Å². The molecule has 0 aliphatic carbocycles. The zero-order chi connectivity index (χ0) is 18.8. The molecule has 0 saturated carbocycles. The quantitative estimate of drug-likeness (QED) is 0.238. The average Bonchev–Trinajstić information content (AvgIpc) is 2.59. The van der Waals surface area contributed by atoms with E-state index in [4.69, 9.17) is 9.47 Å². The van der Waals surface area contributed by atoms with Crippen molar-refractivity contribution in [2.75, 3.05) is 6.61 Å². The highest BCUT2D eigenvalue weighted by Gasteiger charge is 2.14. The van der Waals surface area contributed by atoms with Crippen molar-refractivity contribution in [3.8, 4) is 0 Å². The van der Waals surface area contributed by atoms with Crippen molar-refractivity contribution in [3.63, 3.8) is 0 Å². The van der Waals surface area contributed by atoms with Crippen LogP contribution in [0.4, 0.5) is 0 Å². The Kier molecular flexibility index (Phi) is 17.0. The molecule has 0 amide bonds. The summed E-state index contributed by atoms with van der Waals surface area (Å²) in [6.07, 6.45) is 13.8. The van der Waals surface area contributed by atoms with Crippen molar-refractivity contribution in [1.82, 2.24) is 0 Å². The first-order valence-electron chi connectivity index (χ1n) is 10.5. The van der Waals surface area contributed by atoms with Crippen LogP contribution in [-0.2, 0) is 19.1 Å². The van der Waals surface area contributed by atoms with Crippen molar-refractivity contribution < 1.29 is 19.1 Å². The summed E-state index contributed by atoms with van der Waals surface area (Å²) in [5.74, 6) is -0.571. The average molecular weight is 357 g/mol. The molecule has 0 aromatic carbocycles. The monoisotopic (exact) mass is 356 g/mol. The molecule has 4 nitrogen and oxygen atoms in total. The molecule has 25 heavy (non-hydrogen) atoms. The van der Waals surface area contributed by atoms with Gasteiger partial charge in [0.15, 0.2) is 0 Å². The fourth-order valence-electron chi connectivity index (χ4n) is 2.85. The minimum Gasteiger partial charge on any atom is -0.466 e. The number of hydrogen-bond donors (Lipinski definition) is 0. The lowest BCUT2D eigenvalue weighted by Gasteiger charge is -2.16. The predicted octanol–water partition coefficient (Wildman–Crippen LogP) is 5.96. The van der Waals surface area contributed by atoms with Gasteiger partial charge in [0.25, 0.3) is 0 Å². The molecule has 0 aromatic heterocycles. The van der Waals surface area contributed by atoms with E-state index in [0.717, 1.165) is 38.5 Å². The van der Waals surface area contributed by atoms with Gasteiger partial charge in [0, 0.05) is 0 Å². The third kappa shape index (κ3) is 16.2. The maximum Gasteiger partial charge on any atom is 0.306 e. The molecule has 0 bridgehead atoms. The lowest BCUT2D eigenvalue weighted by atomic mass is 10.1. The van der Waals surface area contributed by atoms with Gasteiger partial charge in [-0.3, -0.25) is 9.59 Å². The molecule has 0 heterocycles. The molecule has 0 unspecified atom stereocenters.